The van der Waals surface area contributed by atoms with Crippen LogP contribution in [0.25, 0.3) is 11.1 Å². The second-order valence-corrected chi connectivity index (χ2v) is 9.19. The molecule has 4 rings (SSSR count). The monoisotopic (exact) mass is 464 g/mol. The highest BCUT2D eigenvalue weighted by Crippen LogP contribution is 2.44. The fraction of sp³-hybridized carbons (Fsp3) is 0.444. The molecule has 0 saturated heterocycles. The van der Waals surface area contributed by atoms with E-state index in [0.717, 1.165) is 30.4 Å². The van der Waals surface area contributed by atoms with E-state index in [-0.39, 0.29) is 36.8 Å². The summed E-state index contributed by atoms with van der Waals surface area (Å²) in [5.74, 6) is -1.81. The van der Waals surface area contributed by atoms with Crippen LogP contribution < -0.4 is 10.6 Å². The van der Waals surface area contributed by atoms with E-state index in [1.165, 1.54) is 11.1 Å². The minimum Gasteiger partial charge on any atom is -0.481 e. The Morgan fingerprint density at radius 2 is 1.65 bits per heavy atom. The van der Waals surface area contributed by atoms with Crippen molar-refractivity contribution in [2.75, 3.05) is 19.7 Å². The van der Waals surface area contributed by atoms with Crippen molar-refractivity contribution in [2.45, 2.75) is 38.5 Å². The number of amides is 2. The van der Waals surface area contributed by atoms with Crippen LogP contribution in [-0.4, -0.2) is 42.8 Å². The number of carbonyl (C=O) groups excluding carboxylic acids is 2. The molecule has 7 heteroatoms. The SMILES string of the molecule is CCC(CNC(=O)[C@H]1CCC[C@H]1CNC(=O)OCC1c2ccccc2-c2ccccc21)C(=O)O. The minimum atomic E-state index is -0.900. The zero-order chi connectivity index (χ0) is 24.1. The van der Waals surface area contributed by atoms with Gasteiger partial charge in [0.05, 0.1) is 5.92 Å². The van der Waals surface area contributed by atoms with Gasteiger partial charge in [-0.05, 0) is 47.4 Å². The van der Waals surface area contributed by atoms with Gasteiger partial charge in [-0.1, -0.05) is 61.9 Å². The fourth-order valence-electron chi connectivity index (χ4n) is 5.25. The summed E-state index contributed by atoms with van der Waals surface area (Å²) < 4.78 is 5.60. The van der Waals surface area contributed by atoms with Gasteiger partial charge in [-0.25, -0.2) is 4.79 Å². The van der Waals surface area contributed by atoms with Crippen LogP contribution in [0.15, 0.2) is 48.5 Å². The lowest BCUT2D eigenvalue weighted by molar-refractivity contribution is -0.141. The number of fused-ring (bicyclic) bond motifs is 3. The van der Waals surface area contributed by atoms with Crippen LogP contribution in [0.3, 0.4) is 0 Å². The van der Waals surface area contributed by atoms with Crippen molar-refractivity contribution in [2.24, 2.45) is 17.8 Å². The molecule has 2 aliphatic carbocycles. The average molecular weight is 465 g/mol. The first-order valence-corrected chi connectivity index (χ1v) is 12.1. The molecule has 3 atom stereocenters. The molecule has 2 aromatic rings. The number of carboxylic acids is 1. The Kier molecular flexibility index (Phi) is 7.50. The van der Waals surface area contributed by atoms with Crippen LogP contribution in [-0.2, 0) is 14.3 Å². The van der Waals surface area contributed by atoms with Gasteiger partial charge >= 0.3 is 12.1 Å². The normalized spacial score (nSPS) is 19.7. The zero-order valence-electron chi connectivity index (χ0n) is 19.5. The van der Waals surface area contributed by atoms with Gasteiger partial charge in [0.25, 0.3) is 0 Å². The number of hydrogen-bond acceptors (Lipinski definition) is 4. The molecular weight excluding hydrogens is 432 g/mol. The molecule has 0 heterocycles. The van der Waals surface area contributed by atoms with E-state index >= 15 is 0 Å². The number of carboxylic acid groups (broad SMARTS) is 1. The van der Waals surface area contributed by atoms with Crippen molar-refractivity contribution in [1.29, 1.82) is 0 Å². The number of rotatable bonds is 9. The Labute approximate surface area is 199 Å². The Balaban J connectivity index is 1.28. The van der Waals surface area contributed by atoms with Gasteiger partial charge in [0, 0.05) is 24.9 Å². The molecule has 0 bridgehead atoms. The summed E-state index contributed by atoms with van der Waals surface area (Å²) in [5.41, 5.74) is 4.69. The molecule has 3 N–H and O–H groups in total. The van der Waals surface area contributed by atoms with E-state index in [0.29, 0.717) is 13.0 Å². The molecule has 2 amide bonds. The van der Waals surface area contributed by atoms with Gasteiger partial charge in [-0.15, -0.1) is 0 Å². The number of benzene rings is 2. The maximum absolute atomic E-state index is 12.6. The number of ether oxygens (including phenoxy) is 1. The van der Waals surface area contributed by atoms with Gasteiger partial charge in [-0.3, -0.25) is 9.59 Å². The van der Waals surface area contributed by atoms with Crippen LogP contribution in [0.1, 0.15) is 49.7 Å². The predicted octanol–water partition coefficient (Wildman–Crippen LogP) is 4.17. The Hall–Kier alpha value is -3.35. The summed E-state index contributed by atoms with van der Waals surface area (Å²) in [6.45, 7) is 2.54. The lowest BCUT2D eigenvalue weighted by Crippen LogP contribution is -2.40. The molecular formula is C27H32N2O5. The third kappa shape index (κ3) is 5.08. The van der Waals surface area contributed by atoms with E-state index in [1.54, 1.807) is 6.92 Å². The Morgan fingerprint density at radius 3 is 2.26 bits per heavy atom. The summed E-state index contributed by atoms with van der Waals surface area (Å²) in [5, 5.41) is 14.8. The van der Waals surface area contributed by atoms with E-state index in [4.69, 9.17) is 4.74 Å². The van der Waals surface area contributed by atoms with Gasteiger partial charge in [0.15, 0.2) is 0 Å². The molecule has 1 saturated carbocycles. The largest absolute Gasteiger partial charge is 0.481 e. The van der Waals surface area contributed by atoms with Crippen LogP contribution in [0.2, 0.25) is 0 Å². The highest BCUT2D eigenvalue weighted by atomic mass is 16.5. The molecule has 0 aromatic heterocycles. The first kappa shape index (κ1) is 23.8. The third-order valence-corrected chi connectivity index (χ3v) is 7.21. The Bertz CT molecular complexity index is 1010. The molecule has 1 unspecified atom stereocenters. The van der Waals surface area contributed by atoms with Crippen molar-refractivity contribution >= 4 is 18.0 Å². The van der Waals surface area contributed by atoms with E-state index in [2.05, 4.69) is 34.9 Å². The standard InChI is InChI=1S/C27H32N2O5/c1-2-17(26(31)32)14-28-25(30)19-13-7-8-18(19)15-29-27(33)34-16-24-22-11-5-3-9-20(22)21-10-4-6-12-23(21)24/h3-6,9-12,17-19,24H,2,7-8,13-16H2,1H3,(H,28,30)(H,29,33)(H,31,32)/t17?,18-,19-/m0/s1. The average Bonchev–Trinajstić information content (AvgIpc) is 3.44. The molecule has 2 aliphatic rings. The van der Waals surface area contributed by atoms with Crippen molar-refractivity contribution in [3.05, 3.63) is 59.7 Å². The van der Waals surface area contributed by atoms with Gasteiger partial charge < -0.3 is 20.5 Å². The van der Waals surface area contributed by atoms with Gasteiger partial charge in [-0.2, -0.15) is 0 Å². The van der Waals surface area contributed by atoms with E-state index < -0.39 is 18.0 Å². The van der Waals surface area contributed by atoms with Crippen molar-refractivity contribution in [3.63, 3.8) is 0 Å². The van der Waals surface area contributed by atoms with Crippen LogP contribution >= 0.6 is 0 Å². The first-order valence-electron chi connectivity index (χ1n) is 12.1. The molecule has 1 fully saturated rings. The molecule has 180 valence electrons. The summed E-state index contributed by atoms with van der Waals surface area (Å²) in [7, 11) is 0. The van der Waals surface area contributed by atoms with E-state index in [1.807, 2.05) is 24.3 Å². The molecule has 34 heavy (non-hydrogen) atoms. The summed E-state index contributed by atoms with van der Waals surface area (Å²) >= 11 is 0. The number of carbonyl (C=O) groups is 3. The lowest BCUT2D eigenvalue weighted by atomic mass is 9.94. The summed E-state index contributed by atoms with van der Waals surface area (Å²) in [6, 6.07) is 16.4. The van der Waals surface area contributed by atoms with Crippen molar-refractivity contribution < 1.29 is 24.2 Å². The maximum atomic E-state index is 12.6. The third-order valence-electron chi connectivity index (χ3n) is 7.21. The number of aliphatic carboxylic acids is 1. The van der Waals surface area contributed by atoms with Crippen LogP contribution in [0, 0.1) is 17.8 Å². The molecule has 2 aromatic carbocycles. The lowest BCUT2D eigenvalue weighted by Gasteiger charge is -2.21. The zero-order valence-corrected chi connectivity index (χ0v) is 19.5. The van der Waals surface area contributed by atoms with Crippen LogP contribution in [0.5, 0.6) is 0 Å². The van der Waals surface area contributed by atoms with Crippen molar-refractivity contribution in [1.82, 2.24) is 10.6 Å². The minimum absolute atomic E-state index is 0.00361. The quantitative estimate of drug-likeness (QED) is 0.517. The second-order valence-electron chi connectivity index (χ2n) is 9.19. The highest BCUT2D eigenvalue weighted by Gasteiger charge is 2.34. The number of hydrogen-bond donors (Lipinski definition) is 3. The number of nitrogens with one attached hydrogen (secondary N) is 2. The van der Waals surface area contributed by atoms with Gasteiger partial charge in [0.1, 0.15) is 6.61 Å². The second kappa shape index (κ2) is 10.7. The molecule has 7 nitrogen and oxygen atoms in total. The highest BCUT2D eigenvalue weighted by molar-refractivity contribution is 5.81. The summed E-state index contributed by atoms with van der Waals surface area (Å²) in [6.07, 6.45) is 2.48. The molecule has 0 spiro atoms. The Morgan fingerprint density at radius 1 is 1.00 bits per heavy atom. The van der Waals surface area contributed by atoms with E-state index in [9.17, 15) is 19.5 Å². The summed E-state index contributed by atoms with van der Waals surface area (Å²) in [4.78, 5) is 36.3. The first-order chi connectivity index (χ1) is 16.5. The molecule has 0 aliphatic heterocycles. The maximum Gasteiger partial charge on any atom is 0.407 e. The van der Waals surface area contributed by atoms with Gasteiger partial charge in [0.2, 0.25) is 5.91 Å². The predicted molar refractivity (Wildman–Crippen MR) is 128 cm³/mol. The molecule has 0 radical (unpaired) electrons. The smallest absolute Gasteiger partial charge is 0.407 e. The van der Waals surface area contributed by atoms with Crippen molar-refractivity contribution in [3.8, 4) is 11.1 Å². The topological polar surface area (TPSA) is 105 Å². The van der Waals surface area contributed by atoms with Crippen LogP contribution in [0.4, 0.5) is 4.79 Å². The number of alkyl carbamates (subject to hydrolysis) is 1. The fourth-order valence-corrected chi connectivity index (χ4v) is 5.25.